The average Bonchev–Trinajstić information content (AvgIpc) is 3.32. The maximum absolute atomic E-state index is 5.56. The van der Waals surface area contributed by atoms with E-state index in [-0.39, 0.29) is 5.41 Å². The number of hydrogen-bond acceptors (Lipinski definition) is 2. The SMILES string of the molecule is CN=C(NCC1(c2ccccc2OC)CC1)N(C)Cc1cccn1C. The molecule has 0 bridgehead atoms. The molecule has 5 heteroatoms. The van der Waals surface area contributed by atoms with Crippen molar-refractivity contribution in [3.8, 4) is 5.75 Å². The molecule has 1 aromatic heterocycles. The molecule has 0 atom stereocenters. The zero-order valence-corrected chi connectivity index (χ0v) is 15.6. The number of aliphatic imine (C=N–C) groups is 1. The summed E-state index contributed by atoms with van der Waals surface area (Å²) in [6, 6.07) is 12.6. The lowest BCUT2D eigenvalue weighted by Crippen LogP contribution is -2.42. The highest BCUT2D eigenvalue weighted by molar-refractivity contribution is 5.79. The van der Waals surface area contributed by atoms with Gasteiger partial charge in [0.1, 0.15) is 5.75 Å². The van der Waals surface area contributed by atoms with E-state index < -0.39 is 0 Å². The largest absolute Gasteiger partial charge is 0.496 e. The van der Waals surface area contributed by atoms with Gasteiger partial charge in [0.25, 0.3) is 0 Å². The second-order valence-corrected chi connectivity index (χ2v) is 6.85. The number of guanidine groups is 1. The number of rotatable bonds is 6. The van der Waals surface area contributed by atoms with Crippen LogP contribution in [0.3, 0.4) is 0 Å². The van der Waals surface area contributed by atoms with E-state index in [9.17, 15) is 0 Å². The fourth-order valence-corrected chi connectivity index (χ4v) is 3.39. The monoisotopic (exact) mass is 340 g/mol. The van der Waals surface area contributed by atoms with E-state index in [1.165, 1.54) is 24.1 Å². The van der Waals surface area contributed by atoms with Gasteiger partial charge in [0.15, 0.2) is 5.96 Å². The summed E-state index contributed by atoms with van der Waals surface area (Å²) in [5.74, 6) is 1.90. The molecule has 0 amide bonds. The first-order valence-electron chi connectivity index (χ1n) is 8.75. The number of aromatic nitrogens is 1. The van der Waals surface area contributed by atoms with Crippen LogP contribution < -0.4 is 10.1 Å². The van der Waals surface area contributed by atoms with Crippen molar-refractivity contribution in [3.05, 3.63) is 53.9 Å². The lowest BCUT2D eigenvalue weighted by molar-refractivity contribution is 0.402. The standard InChI is InChI=1S/C20H28N4O/c1-21-19(24(3)14-16-8-7-13-23(16)2)22-15-20(11-12-20)17-9-5-6-10-18(17)25-4/h5-10,13H,11-12,14-15H2,1-4H3,(H,21,22). The fraction of sp³-hybridized carbons (Fsp3) is 0.450. The van der Waals surface area contributed by atoms with Gasteiger partial charge in [-0.2, -0.15) is 0 Å². The third-order valence-corrected chi connectivity index (χ3v) is 5.14. The van der Waals surface area contributed by atoms with Crippen LogP contribution in [0.15, 0.2) is 47.6 Å². The Hall–Kier alpha value is -2.43. The van der Waals surface area contributed by atoms with E-state index >= 15 is 0 Å². The predicted octanol–water partition coefficient (Wildman–Crippen LogP) is 2.77. The number of nitrogens with zero attached hydrogens (tertiary/aromatic N) is 3. The molecule has 0 spiro atoms. The van der Waals surface area contributed by atoms with Gasteiger partial charge >= 0.3 is 0 Å². The first kappa shape index (κ1) is 17.4. The number of para-hydroxylation sites is 1. The Kier molecular flexibility index (Phi) is 5.02. The lowest BCUT2D eigenvalue weighted by Gasteiger charge is -2.25. The quantitative estimate of drug-likeness (QED) is 0.649. The van der Waals surface area contributed by atoms with Gasteiger partial charge < -0.3 is 19.5 Å². The Morgan fingerprint density at radius 1 is 1.28 bits per heavy atom. The first-order chi connectivity index (χ1) is 12.1. The van der Waals surface area contributed by atoms with Crippen LogP contribution in [0.1, 0.15) is 24.1 Å². The van der Waals surface area contributed by atoms with E-state index in [1.54, 1.807) is 7.11 Å². The highest BCUT2D eigenvalue weighted by Crippen LogP contribution is 2.50. The van der Waals surface area contributed by atoms with E-state index in [1.807, 2.05) is 19.2 Å². The predicted molar refractivity (Wildman–Crippen MR) is 102 cm³/mol. The van der Waals surface area contributed by atoms with Crippen molar-refractivity contribution >= 4 is 5.96 Å². The van der Waals surface area contributed by atoms with Gasteiger partial charge in [0.05, 0.1) is 13.7 Å². The molecule has 0 aliphatic heterocycles. The van der Waals surface area contributed by atoms with Crippen molar-refractivity contribution in [2.24, 2.45) is 12.0 Å². The third kappa shape index (κ3) is 3.65. The summed E-state index contributed by atoms with van der Waals surface area (Å²) >= 11 is 0. The van der Waals surface area contributed by atoms with Crippen molar-refractivity contribution in [2.45, 2.75) is 24.8 Å². The minimum atomic E-state index is 0.161. The van der Waals surface area contributed by atoms with Gasteiger partial charge in [-0.25, -0.2) is 0 Å². The minimum Gasteiger partial charge on any atom is -0.496 e. The van der Waals surface area contributed by atoms with Crippen LogP contribution in [0, 0.1) is 0 Å². The average molecular weight is 340 g/mol. The number of methoxy groups -OCH3 is 1. The van der Waals surface area contributed by atoms with Crippen molar-refractivity contribution < 1.29 is 4.74 Å². The van der Waals surface area contributed by atoms with E-state index in [4.69, 9.17) is 4.74 Å². The highest BCUT2D eigenvalue weighted by Gasteiger charge is 2.46. The minimum absolute atomic E-state index is 0.161. The summed E-state index contributed by atoms with van der Waals surface area (Å²) < 4.78 is 7.70. The maximum Gasteiger partial charge on any atom is 0.193 e. The molecule has 1 aromatic carbocycles. The molecule has 1 heterocycles. The molecule has 0 unspecified atom stereocenters. The van der Waals surface area contributed by atoms with Gasteiger partial charge in [-0.1, -0.05) is 18.2 Å². The van der Waals surface area contributed by atoms with Crippen LogP contribution in [-0.2, 0) is 19.0 Å². The maximum atomic E-state index is 5.56. The number of nitrogens with one attached hydrogen (secondary N) is 1. The molecule has 3 rings (SSSR count). The van der Waals surface area contributed by atoms with Gasteiger partial charge in [0, 0.05) is 50.6 Å². The van der Waals surface area contributed by atoms with Gasteiger partial charge in [0.2, 0.25) is 0 Å². The van der Waals surface area contributed by atoms with E-state index in [0.29, 0.717) is 0 Å². The normalized spacial score (nSPS) is 15.8. The molecule has 0 radical (unpaired) electrons. The smallest absolute Gasteiger partial charge is 0.193 e. The van der Waals surface area contributed by atoms with Gasteiger partial charge in [-0.15, -0.1) is 0 Å². The summed E-state index contributed by atoms with van der Waals surface area (Å²) in [5, 5.41) is 3.56. The molecule has 1 aliphatic rings. The highest BCUT2D eigenvalue weighted by atomic mass is 16.5. The molecule has 5 nitrogen and oxygen atoms in total. The third-order valence-electron chi connectivity index (χ3n) is 5.14. The summed E-state index contributed by atoms with van der Waals surface area (Å²) in [4.78, 5) is 6.62. The zero-order chi connectivity index (χ0) is 17.9. The molecule has 134 valence electrons. The summed E-state index contributed by atoms with van der Waals surface area (Å²) in [6.45, 7) is 1.70. The van der Waals surface area contributed by atoms with Crippen molar-refractivity contribution in [3.63, 3.8) is 0 Å². The second kappa shape index (κ2) is 7.21. The zero-order valence-electron chi connectivity index (χ0n) is 15.6. The Labute approximate surface area is 150 Å². The number of hydrogen-bond donors (Lipinski definition) is 1. The molecule has 25 heavy (non-hydrogen) atoms. The molecule has 2 aromatic rings. The molecule has 0 saturated heterocycles. The van der Waals surface area contributed by atoms with Crippen molar-refractivity contribution in [1.29, 1.82) is 0 Å². The Morgan fingerprint density at radius 2 is 2.04 bits per heavy atom. The number of ether oxygens (including phenoxy) is 1. The number of benzene rings is 1. The van der Waals surface area contributed by atoms with Crippen LogP contribution in [0.2, 0.25) is 0 Å². The molecular formula is C20H28N4O. The van der Waals surface area contributed by atoms with Crippen LogP contribution in [0.5, 0.6) is 5.75 Å². The molecule has 1 N–H and O–H groups in total. The van der Waals surface area contributed by atoms with Crippen molar-refractivity contribution in [1.82, 2.24) is 14.8 Å². The molecule has 1 fully saturated rings. The number of aryl methyl sites for hydroxylation is 1. The Morgan fingerprint density at radius 3 is 2.64 bits per heavy atom. The van der Waals surface area contributed by atoms with Crippen LogP contribution in [0.4, 0.5) is 0 Å². The topological polar surface area (TPSA) is 41.8 Å². The first-order valence-corrected chi connectivity index (χ1v) is 8.75. The van der Waals surface area contributed by atoms with Crippen molar-refractivity contribution in [2.75, 3.05) is 27.7 Å². The molecule has 1 aliphatic carbocycles. The van der Waals surface area contributed by atoms with Gasteiger partial charge in [-0.05, 0) is 31.0 Å². The summed E-state index contributed by atoms with van der Waals surface area (Å²) in [5.41, 5.74) is 2.72. The fourth-order valence-electron chi connectivity index (χ4n) is 3.39. The second-order valence-electron chi connectivity index (χ2n) is 6.85. The van der Waals surface area contributed by atoms with Crippen LogP contribution in [-0.4, -0.2) is 43.2 Å². The van der Waals surface area contributed by atoms with Gasteiger partial charge in [-0.3, -0.25) is 4.99 Å². The Balaban J connectivity index is 1.66. The van der Waals surface area contributed by atoms with Crippen LogP contribution in [0.25, 0.3) is 0 Å². The molecule has 1 saturated carbocycles. The summed E-state index contributed by atoms with van der Waals surface area (Å²) in [7, 11) is 7.73. The Bertz CT molecular complexity index is 746. The van der Waals surface area contributed by atoms with E-state index in [0.717, 1.165) is 24.8 Å². The molecular weight excluding hydrogens is 312 g/mol. The van der Waals surface area contributed by atoms with Crippen LogP contribution >= 0.6 is 0 Å². The lowest BCUT2D eigenvalue weighted by atomic mass is 9.95. The van der Waals surface area contributed by atoms with E-state index in [2.05, 4.69) is 64.3 Å². The summed E-state index contributed by atoms with van der Waals surface area (Å²) in [6.07, 6.45) is 4.43.